The maximum Gasteiger partial charge on any atom is 0.445 e. The highest BCUT2D eigenvalue weighted by Crippen LogP contribution is 2.29. The van der Waals surface area contributed by atoms with Gasteiger partial charge in [-0.1, -0.05) is 6.92 Å². The smallest absolute Gasteiger partial charge is 0.445 e. The summed E-state index contributed by atoms with van der Waals surface area (Å²) in [5.74, 6) is 0.0762. The summed E-state index contributed by atoms with van der Waals surface area (Å²) < 4.78 is 12.4. The molecule has 0 aromatic heterocycles. The number of carbonyl (C=O) groups is 2. The van der Waals surface area contributed by atoms with E-state index >= 15 is 0 Å². The first-order chi connectivity index (χ1) is 11.1. The van der Waals surface area contributed by atoms with Crippen molar-refractivity contribution in [1.82, 2.24) is 4.90 Å². The molecule has 3 amide bonds. The first-order valence-electron chi connectivity index (χ1n) is 8.00. The number of allylic oxidation sites excluding steroid dienone is 1. The van der Waals surface area contributed by atoms with Crippen LogP contribution < -0.4 is 0 Å². The fourth-order valence-corrected chi connectivity index (χ4v) is 2.72. The maximum atomic E-state index is 12.9. The van der Waals surface area contributed by atoms with Gasteiger partial charge in [-0.3, -0.25) is 4.79 Å². The Kier molecular flexibility index (Phi) is 5.65. The number of dihydropyridines is 1. The molecule has 1 unspecified atom stereocenters. The Morgan fingerprint density at radius 3 is 2.61 bits per heavy atom. The van der Waals surface area contributed by atoms with Crippen molar-refractivity contribution in [2.24, 2.45) is 10.9 Å². The van der Waals surface area contributed by atoms with E-state index < -0.39 is 5.92 Å². The molecule has 2 aliphatic rings. The van der Waals surface area contributed by atoms with Crippen LogP contribution >= 0.6 is 0 Å². The third-order valence-electron chi connectivity index (χ3n) is 3.91. The third kappa shape index (κ3) is 3.19. The van der Waals surface area contributed by atoms with Crippen molar-refractivity contribution in [1.29, 1.82) is 0 Å². The van der Waals surface area contributed by atoms with E-state index in [1.165, 1.54) is 9.48 Å². The number of hydrogen-bond acceptors (Lipinski definition) is 5. The van der Waals surface area contributed by atoms with Crippen LogP contribution in [0, 0.1) is 5.92 Å². The molecule has 0 fully saturated rings. The molecule has 2 heterocycles. The molecule has 0 N–H and O–H groups in total. The molecule has 7 nitrogen and oxygen atoms in total. The molecule has 7 heteroatoms. The zero-order chi connectivity index (χ0) is 17.0. The van der Waals surface area contributed by atoms with Crippen molar-refractivity contribution >= 4 is 24.0 Å². The summed E-state index contributed by atoms with van der Waals surface area (Å²) in [4.78, 5) is 30.8. The Hall–Kier alpha value is -2.02. The normalized spacial score (nSPS) is 21.2. The molecule has 23 heavy (non-hydrogen) atoms. The molecule has 1 atom stereocenters. The van der Waals surface area contributed by atoms with E-state index in [9.17, 15) is 9.59 Å². The SMILES string of the molecule is CCOCCN1C(=O)C2C(OCC)=C(CC)C=NC2=[N+](C)C1=O. The van der Waals surface area contributed by atoms with E-state index in [4.69, 9.17) is 9.47 Å². The lowest BCUT2D eigenvalue weighted by molar-refractivity contribution is -0.408. The maximum absolute atomic E-state index is 12.9. The second-order valence-corrected chi connectivity index (χ2v) is 5.25. The number of fused-ring (bicyclic) bond motifs is 1. The van der Waals surface area contributed by atoms with Crippen molar-refractivity contribution in [3.05, 3.63) is 11.3 Å². The summed E-state index contributed by atoms with van der Waals surface area (Å²) in [6.07, 6.45) is 2.40. The third-order valence-corrected chi connectivity index (χ3v) is 3.91. The molecule has 0 aliphatic carbocycles. The molecule has 0 aromatic carbocycles. The fraction of sp³-hybridized carbons (Fsp3) is 0.625. The Balaban J connectivity index is 2.40. The number of nitrogens with zero attached hydrogens (tertiary/aromatic N) is 3. The van der Waals surface area contributed by atoms with Crippen molar-refractivity contribution in [3.8, 4) is 0 Å². The lowest BCUT2D eigenvalue weighted by atomic mass is 9.94. The average molecular weight is 322 g/mol. The van der Waals surface area contributed by atoms with E-state index in [2.05, 4.69) is 4.99 Å². The number of ether oxygens (including phenoxy) is 2. The van der Waals surface area contributed by atoms with Gasteiger partial charge in [-0.05, 0) is 20.3 Å². The molecule has 0 spiro atoms. The number of aliphatic imine (C=N–C) groups is 1. The van der Waals surface area contributed by atoms with Crippen LogP contribution in [0.25, 0.3) is 0 Å². The van der Waals surface area contributed by atoms with Crippen LogP contribution in [0.1, 0.15) is 27.2 Å². The highest BCUT2D eigenvalue weighted by Gasteiger charge is 2.50. The molecular weight excluding hydrogens is 298 g/mol. The highest BCUT2D eigenvalue weighted by atomic mass is 16.5. The van der Waals surface area contributed by atoms with Crippen LogP contribution in [0.5, 0.6) is 0 Å². The van der Waals surface area contributed by atoms with E-state index in [1.54, 1.807) is 13.3 Å². The Labute approximate surface area is 136 Å². The molecule has 2 rings (SSSR count). The van der Waals surface area contributed by atoms with Gasteiger partial charge in [0.05, 0.1) is 26.8 Å². The predicted octanol–water partition coefficient (Wildman–Crippen LogP) is 1.43. The minimum absolute atomic E-state index is 0.226. The summed E-state index contributed by atoms with van der Waals surface area (Å²) in [6, 6.07) is -0.381. The van der Waals surface area contributed by atoms with Gasteiger partial charge < -0.3 is 9.47 Å². The van der Waals surface area contributed by atoms with Crippen LogP contribution in [0.3, 0.4) is 0 Å². The first kappa shape index (κ1) is 17.3. The lowest BCUT2D eigenvalue weighted by Gasteiger charge is -2.29. The van der Waals surface area contributed by atoms with Crippen LogP contribution in [0.2, 0.25) is 0 Å². The van der Waals surface area contributed by atoms with Gasteiger partial charge >= 0.3 is 11.9 Å². The van der Waals surface area contributed by atoms with E-state index in [0.29, 0.717) is 37.8 Å². The largest absolute Gasteiger partial charge is 0.496 e. The Bertz CT molecular complexity index is 592. The summed E-state index contributed by atoms with van der Waals surface area (Å²) >= 11 is 0. The number of amidine groups is 1. The number of carbonyl (C=O) groups excluding carboxylic acids is 2. The molecular formula is C16H24N3O4+. The number of urea groups is 1. The molecule has 0 saturated carbocycles. The second-order valence-electron chi connectivity index (χ2n) is 5.25. The Morgan fingerprint density at radius 1 is 1.26 bits per heavy atom. The van der Waals surface area contributed by atoms with Crippen molar-refractivity contribution in [2.75, 3.05) is 33.4 Å². The number of rotatable bonds is 7. The van der Waals surface area contributed by atoms with Crippen molar-refractivity contribution in [2.45, 2.75) is 27.2 Å². The number of amides is 3. The first-order valence-corrected chi connectivity index (χ1v) is 8.00. The number of imide groups is 1. The minimum Gasteiger partial charge on any atom is -0.496 e. The van der Waals surface area contributed by atoms with Gasteiger partial charge in [0.2, 0.25) is 0 Å². The molecule has 2 aliphatic heterocycles. The number of hydrogen-bond donors (Lipinski definition) is 0. The molecule has 0 radical (unpaired) electrons. The van der Waals surface area contributed by atoms with Gasteiger partial charge in [-0.2, -0.15) is 9.48 Å². The average Bonchev–Trinajstić information content (AvgIpc) is 2.56. The summed E-state index contributed by atoms with van der Waals surface area (Å²) in [5.41, 5.74) is 0.890. The molecule has 0 bridgehead atoms. The topological polar surface area (TPSA) is 71.2 Å². The van der Waals surface area contributed by atoms with E-state index in [0.717, 1.165) is 5.57 Å². The van der Waals surface area contributed by atoms with Gasteiger partial charge in [0, 0.05) is 12.2 Å². The van der Waals surface area contributed by atoms with Crippen LogP contribution in [0.4, 0.5) is 4.79 Å². The van der Waals surface area contributed by atoms with Gasteiger partial charge in [0.15, 0.2) is 5.92 Å². The van der Waals surface area contributed by atoms with E-state index in [-0.39, 0.29) is 18.5 Å². The molecule has 126 valence electrons. The highest BCUT2D eigenvalue weighted by molar-refractivity contribution is 6.16. The van der Waals surface area contributed by atoms with E-state index in [1.807, 2.05) is 20.8 Å². The van der Waals surface area contributed by atoms with Crippen LogP contribution in [0.15, 0.2) is 16.3 Å². The monoisotopic (exact) mass is 322 g/mol. The summed E-state index contributed by atoms with van der Waals surface area (Å²) in [7, 11) is 1.63. The van der Waals surface area contributed by atoms with Gasteiger partial charge in [0.1, 0.15) is 12.0 Å². The van der Waals surface area contributed by atoms with Gasteiger partial charge in [0.25, 0.3) is 5.84 Å². The molecule has 0 aromatic rings. The van der Waals surface area contributed by atoms with Crippen LogP contribution in [-0.4, -0.2) is 66.9 Å². The predicted molar refractivity (Wildman–Crippen MR) is 85.7 cm³/mol. The summed E-state index contributed by atoms with van der Waals surface area (Å²) in [6.45, 7) is 7.28. The van der Waals surface area contributed by atoms with Crippen molar-refractivity contribution < 1.29 is 23.6 Å². The Morgan fingerprint density at radius 2 is 2.00 bits per heavy atom. The second kappa shape index (κ2) is 7.50. The zero-order valence-corrected chi connectivity index (χ0v) is 14.2. The van der Waals surface area contributed by atoms with Gasteiger partial charge in [-0.25, -0.2) is 4.79 Å². The van der Waals surface area contributed by atoms with Gasteiger partial charge in [-0.15, -0.1) is 4.99 Å². The zero-order valence-electron chi connectivity index (χ0n) is 14.2. The standard InChI is InChI=1S/C16H24N3O4/c1-5-11-10-17-14-12(13(11)23-7-3)15(20)19(8-9-22-6-2)16(21)18(14)4/h10,12H,5-9H2,1-4H3/q+1. The van der Waals surface area contributed by atoms with Crippen molar-refractivity contribution in [3.63, 3.8) is 0 Å². The minimum atomic E-state index is -0.653. The molecule has 0 saturated heterocycles. The summed E-state index contributed by atoms with van der Waals surface area (Å²) in [5, 5.41) is 0. The quantitative estimate of drug-likeness (QED) is 0.525. The van der Waals surface area contributed by atoms with Crippen LogP contribution in [-0.2, 0) is 14.3 Å². The fourth-order valence-electron chi connectivity index (χ4n) is 2.72. The lowest BCUT2D eigenvalue weighted by Crippen LogP contribution is -2.55.